The summed E-state index contributed by atoms with van der Waals surface area (Å²) in [7, 11) is 1.60. The van der Waals surface area contributed by atoms with E-state index in [0.29, 0.717) is 25.0 Å². The molecule has 0 heterocycles. The van der Waals surface area contributed by atoms with Crippen molar-refractivity contribution in [2.75, 3.05) is 7.11 Å². The van der Waals surface area contributed by atoms with E-state index in [1.165, 1.54) is 0 Å². The van der Waals surface area contributed by atoms with Crippen LogP contribution >= 0.6 is 0 Å². The fourth-order valence-corrected chi connectivity index (χ4v) is 2.18. The van der Waals surface area contributed by atoms with Crippen molar-refractivity contribution in [3.05, 3.63) is 35.4 Å². The highest BCUT2D eigenvalue weighted by molar-refractivity contribution is 5.94. The van der Waals surface area contributed by atoms with Crippen LogP contribution in [-0.4, -0.2) is 30.1 Å². The number of carbonyl (C=O) groups is 2. The van der Waals surface area contributed by atoms with Crippen molar-refractivity contribution in [2.24, 2.45) is 5.92 Å². The Morgan fingerprint density at radius 2 is 2.16 bits per heavy atom. The largest absolute Gasteiger partial charge is 0.481 e. The number of benzene rings is 1. The number of carboxylic acid groups (broad SMARTS) is 1. The molecule has 0 aliphatic heterocycles. The molecule has 1 fully saturated rings. The van der Waals surface area contributed by atoms with Crippen LogP contribution in [0.3, 0.4) is 0 Å². The van der Waals surface area contributed by atoms with Gasteiger partial charge in [0.05, 0.1) is 12.5 Å². The van der Waals surface area contributed by atoms with Crippen LogP contribution in [0.15, 0.2) is 24.3 Å². The Bertz CT molecular complexity index is 480. The van der Waals surface area contributed by atoms with Crippen molar-refractivity contribution >= 4 is 11.9 Å². The lowest BCUT2D eigenvalue weighted by molar-refractivity contribution is -0.145. The summed E-state index contributed by atoms with van der Waals surface area (Å²) < 4.78 is 5.02. The number of carbonyl (C=O) groups excluding carboxylic acids is 1. The molecule has 0 unspecified atom stereocenters. The second-order valence-corrected chi connectivity index (χ2v) is 4.81. The summed E-state index contributed by atoms with van der Waals surface area (Å²) >= 11 is 0. The van der Waals surface area contributed by atoms with E-state index < -0.39 is 5.97 Å². The third kappa shape index (κ3) is 3.32. The first kappa shape index (κ1) is 13.5. The monoisotopic (exact) mass is 263 g/mol. The summed E-state index contributed by atoms with van der Waals surface area (Å²) in [5.74, 6) is -1.26. The van der Waals surface area contributed by atoms with E-state index in [1.54, 1.807) is 19.2 Å². The van der Waals surface area contributed by atoms with Crippen LogP contribution < -0.4 is 5.32 Å². The van der Waals surface area contributed by atoms with Crippen LogP contribution in [0.2, 0.25) is 0 Å². The van der Waals surface area contributed by atoms with Crippen LogP contribution in [0.1, 0.15) is 28.8 Å². The molecule has 19 heavy (non-hydrogen) atoms. The third-order valence-electron chi connectivity index (χ3n) is 3.32. The average Bonchev–Trinajstić information content (AvgIpc) is 2.33. The molecule has 1 amide bonds. The average molecular weight is 263 g/mol. The zero-order valence-corrected chi connectivity index (χ0v) is 10.8. The van der Waals surface area contributed by atoms with E-state index >= 15 is 0 Å². The van der Waals surface area contributed by atoms with Gasteiger partial charge in [-0.05, 0) is 30.5 Å². The molecule has 0 bridgehead atoms. The highest BCUT2D eigenvalue weighted by atomic mass is 16.5. The standard InChI is InChI=1S/C14H17NO4/c1-19-8-9-3-2-4-10(5-9)13(16)15-12-6-11(7-12)14(17)18/h2-5,11-12H,6-8H2,1H3,(H,15,16)(H,17,18). The van der Waals surface area contributed by atoms with Crippen LogP contribution in [0, 0.1) is 5.92 Å². The molecule has 0 aromatic heterocycles. The normalized spacial score (nSPS) is 21.5. The fourth-order valence-electron chi connectivity index (χ4n) is 2.18. The molecular formula is C14H17NO4. The summed E-state index contributed by atoms with van der Waals surface area (Å²) in [6.45, 7) is 0.464. The van der Waals surface area contributed by atoms with Gasteiger partial charge in [0.1, 0.15) is 0 Å². The Morgan fingerprint density at radius 3 is 2.79 bits per heavy atom. The molecular weight excluding hydrogens is 246 g/mol. The Morgan fingerprint density at radius 1 is 1.42 bits per heavy atom. The molecule has 0 saturated heterocycles. The minimum Gasteiger partial charge on any atom is -0.481 e. The maximum absolute atomic E-state index is 12.0. The molecule has 102 valence electrons. The molecule has 1 aliphatic carbocycles. The van der Waals surface area contributed by atoms with E-state index in [1.807, 2.05) is 12.1 Å². The molecule has 1 aromatic rings. The molecule has 1 saturated carbocycles. The van der Waals surface area contributed by atoms with Gasteiger partial charge in [-0.15, -0.1) is 0 Å². The summed E-state index contributed by atoms with van der Waals surface area (Å²) in [5.41, 5.74) is 1.51. The molecule has 2 rings (SSSR count). The number of carboxylic acids is 1. The van der Waals surface area contributed by atoms with Crippen molar-refractivity contribution in [2.45, 2.75) is 25.5 Å². The molecule has 1 aliphatic rings. The lowest BCUT2D eigenvalue weighted by Crippen LogP contribution is -2.46. The summed E-state index contributed by atoms with van der Waals surface area (Å²) in [6.07, 6.45) is 1.03. The lowest BCUT2D eigenvalue weighted by atomic mass is 9.80. The van der Waals surface area contributed by atoms with E-state index in [9.17, 15) is 9.59 Å². The van der Waals surface area contributed by atoms with E-state index in [2.05, 4.69) is 5.32 Å². The number of hydrogen-bond donors (Lipinski definition) is 2. The summed E-state index contributed by atoms with van der Waals surface area (Å²) in [6, 6.07) is 7.20. The van der Waals surface area contributed by atoms with Crippen molar-refractivity contribution < 1.29 is 19.4 Å². The SMILES string of the molecule is COCc1cccc(C(=O)NC2CC(C(=O)O)C2)c1. The number of hydrogen-bond acceptors (Lipinski definition) is 3. The zero-order valence-electron chi connectivity index (χ0n) is 10.8. The fraction of sp³-hybridized carbons (Fsp3) is 0.429. The smallest absolute Gasteiger partial charge is 0.306 e. The van der Waals surface area contributed by atoms with Crippen LogP contribution in [0.4, 0.5) is 0 Å². The zero-order chi connectivity index (χ0) is 13.8. The first-order valence-corrected chi connectivity index (χ1v) is 6.21. The van der Waals surface area contributed by atoms with Gasteiger partial charge in [-0.2, -0.15) is 0 Å². The van der Waals surface area contributed by atoms with Gasteiger partial charge in [0, 0.05) is 18.7 Å². The van der Waals surface area contributed by atoms with Gasteiger partial charge >= 0.3 is 5.97 Å². The van der Waals surface area contributed by atoms with Crippen LogP contribution in [-0.2, 0) is 16.1 Å². The summed E-state index contributed by atoms with van der Waals surface area (Å²) in [5, 5.41) is 11.6. The molecule has 1 aromatic carbocycles. The molecule has 5 heteroatoms. The lowest BCUT2D eigenvalue weighted by Gasteiger charge is -2.32. The predicted molar refractivity (Wildman–Crippen MR) is 68.8 cm³/mol. The second kappa shape index (κ2) is 5.84. The maximum atomic E-state index is 12.0. The number of nitrogens with one attached hydrogen (secondary N) is 1. The Kier molecular flexibility index (Phi) is 4.16. The Labute approximate surface area is 111 Å². The minimum absolute atomic E-state index is 0.0281. The van der Waals surface area contributed by atoms with Crippen LogP contribution in [0.5, 0.6) is 0 Å². The maximum Gasteiger partial charge on any atom is 0.306 e. The quantitative estimate of drug-likeness (QED) is 0.842. The number of methoxy groups -OCH3 is 1. The highest BCUT2D eigenvalue weighted by Crippen LogP contribution is 2.27. The molecule has 0 radical (unpaired) electrons. The highest BCUT2D eigenvalue weighted by Gasteiger charge is 2.35. The number of ether oxygens (including phenoxy) is 1. The number of aliphatic carboxylic acids is 1. The number of amides is 1. The van der Waals surface area contributed by atoms with Gasteiger partial charge in [-0.3, -0.25) is 9.59 Å². The van der Waals surface area contributed by atoms with Gasteiger partial charge in [0.2, 0.25) is 0 Å². The predicted octanol–water partition coefficient (Wildman–Crippen LogP) is 1.43. The molecule has 5 nitrogen and oxygen atoms in total. The van der Waals surface area contributed by atoms with Crippen molar-refractivity contribution in [1.29, 1.82) is 0 Å². The summed E-state index contributed by atoms with van der Waals surface area (Å²) in [4.78, 5) is 22.7. The van der Waals surface area contributed by atoms with Gasteiger partial charge in [-0.1, -0.05) is 12.1 Å². The van der Waals surface area contributed by atoms with E-state index in [0.717, 1.165) is 5.56 Å². The van der Waals surface area contributed by atoms with Gasteiger partial charge in [-0.25, -0.2) is 0 Å². The first-order chi connectivity index (χ1) is 9.10. The van der Waals surface area contributed by atoms with Gasteiger partial charge < -0.3 is 15.2 Å². The minimum atomic E-state index is -0.785. The molecule has 2 N–H and O–H groups in total. The first-order valence-electron chi connectivity index (χ1n) is 6.21. The van der Waals surface area contributed by atoms with Crippen molar-refractivity contribution in [1.82, 2.24) is 5.32 Å². The van der Waals surface area contributed by atoms with Gasteiger partial charge in [0.25, 0.3) is 5.91 Å². The second-order valence-electron chi connectivity index (χ2n) is 4.81. The van der Waals surface area contributed by atoms with Crippen LogP contribution in [0.25, 0.3) is 0 Å². The molecule has 0 spiro atoms. The molecule has 0 atom stereocenters. The topological polar surface area (TPSA) is 75.6 Å². The third-order valence-corrected chi connectivity index (χ3v) is 3.32. The Hall–Kier alpha value is -1.88. The van der Waals surface area contributed by atoms with Crippen molar-refractivity contribution in [3.8, 4) is 0 Å². The van der Waals surface area contributed by atoms with E-state index in [4.69, 9.17) is 9.84 Å². The number of rotatable bonds is 5. The van der Waals surface area contributed by atoms with Gasteiger partial charge in [0.15, 0.2) is 0 Å². The van der Waals surface area contributed by atoms with Crippen molar-refractivity contribution in [3.63, 3.8) is 0 Å². The van der Waals surface area contributed by atoms with E-state index in [-0.39, 0.29) is 17.9 Å². The Balaban J connectivity index is 1.90.